The van der Waals surface area contributed by atoms with E-state index in [-0.39, 0.29) is 0 Å². The molecule has 0 radical (unpaired) electrons. The average Bonchev–Trinajstić information content (AvgIpc) is 2.81. The summed E-state index contributed by atoms with van der Waals surface area (Å²) in [6.07, 6.45) is 0.0690. The normalized spacial score (nSPS) is 12.9. The number of aliphatic hydroxyl groups is 1. The Morgan fingerprint density at radius 1 is 1.44 bits per heavy atom. The van der Waals surface area contributed by atoms with Crippen LogP contribution >= 0.6 is 43.2 Å². The summed E-state index contributed by atoms with van der Waals surface area (Å²) in [5.41, 5.74) is 2.98. The zero-order valence-electron chi connectivity index (χ0n) is 10.2. The number of halogens is 2. The zero-order valence-corrected chi connectivity index (χ0v) is 14.1. The highest BCUT2D eigenvalue weighted by Gasteiger charge is 2.17. The highest BCUT2D eigenvalue weighted by atomic mass is 79.9. The van der Waals surface area contributed by atoms with Gasteiger partial charge < -0.3 is 5.11 Å². The van der Waals surface area contributed by atoms with Crippen molar-refractivity contribution < 1.29 is 5.11 Å². The van der Waals surface area contributed by atoms with Crippen molar-refractivity contribution in [3.05, 3.63) is 36.7 Å². The predicted molar refractivity (Wildman–Crippen MR) is 81.0 cm³/mol. The average molecular weight is 394 g/mol. The molecule has 0 aliphatic rings. The maximum Gasteiger partial charge on any atom is 0.0864 e. The Morgan fingerprint density at radius 2 is 2.17 bits per heavy atom. The number of aryl methyl sites for hydroxylation is 2. The van der Waals surface area contributed by atoms with Crippen LogP contribution in [0.25, 0.3) is 0 Å². The lowest BCUT2D eigenvalue weighted by Gasteiger charge is -2.10. The van der Waals surface area contributed by atoms with E-state index in [0.717, 1.165) is 31.1 Å². The van der Waals surface area contributed by atoms with E-state index in [0.29, 0.717) is 6.42 Å². The molecule has 2 aromatic heterocycles. The highest BCUT2D eigenvalue weighted by Crippen LogP contribution is 2.36. The van der Waals surface area contributed by atoms with Crippen LogP contribution in [-0.4, -0.2) is 14.9 Å². The minimum Gasteiger partial charge on any atom is -0.388 e. The second kappa shape index (κ2) is 5.86. The Hall–Kier alpha value is -0.170. The molecule has 1 unspecified atom stereocenters. The monoisotopic (exact) mass is 392 g/mol. The molecule has 0 saturated heterocycles. The van der Waals surface area contributed by atoms with Gasteiger partial charge in [0.05, 0.1) is 19.4 Å². The molecule has 3 nitrogen and oxygen atoms in total. The van der Waals surface area contributed by atoms with Gasteiger partial charge in [0.25, 0.3) is 0 Å². The summed E-state index contributed by atoms with van der Waals surface area (Å²) < 4.78 is 3.93. The molecule has 1 N–H and O–H groups in total. The maximum atomic E-state index is 10.3. The molecule has 0 aliphatic carbocycles. The molecular formula is C12H14Br2N2OS. The Morgan fingerprint density at radius 3 is 2.72 bits per heavy atom. The molecule has 0 aromatic carbocycles. The second-order valence-corrected chi connectivity index (χ2v) is 7.84. The van der Waals surface area contributed by atoms with Crippen molar-refractivity contribution >= 4 is 43.2 Å². The lowest BCUT2D eigenvalue weighted by Crippen LogP contribution is -2.08. The molecule has 2 heterocycles. The smallest absolute Gasteiger partial charge is 0.0864 e. The van der Waals surface area contributed by atoms with Crippen LogP contribution in [0.1, 0.15) is 30.0 Å². The Balaban J connectivity index is 2.20. The van der Waals surface area contributed by atoms with E-state index in [9.17, 15) is 5.11 Å². The zero-order chi connectivity index (χ0) is 13.3. The fourth-order valence-corrected chi connectivity index (χ4v) is 4.88. The van der Waals surface area contributed by atoms with Crippen LogP contribution < -0.4 is 0 Å². The fraction of sp³-hybridized carbons (Fsp3) is 0.417. The predicted octanol–water partition coefficient (Wildman–Crippen LogP) is 4.07. The van der Waals surface area contributed by atoms with E-state index >= 15 is 0 Å². The van der Waals surface area contributed by atoms with Crippen molar-refractivity contribution in [2.75, 3.05) is 0 Å². The highest BCUT2D eigenvalue weighted by molar-refractivity contribution is 9.12. The number of nitrogens with zero attached hydrogens (tertiary/aromatic N) is 2. The third kappa shape index (κ3) is 3.04. The minimum absolute atomic E-state index is 0.511. The van der Waals surface area contributed by atoms with Gasteiger partial charge in [-0.1, -0.05) is 0 Å². The molecule has 0 saturated carbocycles. The molecule has 18 heavy (non-hydrogen) atoms. The Kier molecular flexibility index (Phi) is 4.64. The topological polar surface area (TPSA) is 38.0 Å². The molecule has 0 spiro atoms. The molecule has 98 valence electrons. The van der Waals surface area contributed by atoms with Gasteiger partial charge in [0, 0.05) is 24.2 Å². The lowest BCUT2D eigenvalue weighted by molar-refractivity contribution is 0.175. The van der Waals surface area contributed by atoms with Gasteiger partial charge in [0.15, 0.2) is 0 Å². The first kappa shape index (κ1) is 14.2. The molecule has 0 bridgehead atoms. The van der Waals surface area contributed by atoms with Crippen LogP contribution in [-0.2, 0) is 13.0 Å². The number of rotatable bonds is 4. The van der Waals surface area contributed by atoms with Crippen molar-refractivity contribution in [2.24, 2.45) is 0 Å². The van der Waals surface area contributed by atoms with E-state index in [1.165, 1.54) is 0 Å². The van der Waals surface area contributed by atoms with Gasteiger partial charge in [-0.15, -0.1) is 11.3 Å². The molecule has 2 rings (SSSR count). The molecule has 2 aromatic rings. The molecule has 6 heteroatoms. The first-order chi connectivity index (χ1) is 8.51. The van der Waals surface area contributed by atoms with Gasteiger partial charge in [0.1, 0.15) is 0 Å². The van der Waals surface area contributed by atoms with Crippen LogP contribution in [0.4, 0.5) is 0 Å². The van der Waals surface area contributed by atoms with Gasteiger partial charge >= 0.3 is 0 Å². The van der Waals surface area contributed by atoms with E-state index < -0.39 is 6.10 Å². The number of hydrogen-bond donors (Lipinski definition) is 1. The third-order valence-electron chi connectivity index (χ3n) is 2.73. The molecule has 0 fully saturated rings. The Labute approximate surface area is 127 Å². The number of hydrogen-bond acceptors (Lipinski definition) is 3. The summed E-state index contributed by atoms with van der Waals surface area (Å²) >= 11 is 8.48. The van der Waals surface area contributed by atoms with Crippen molar-refractivity contribution in [1.82, 2.24) is 9.78 Å². The minimum atomic E-state index is -0.511. The first-order valence-electron chi connectivity index (χ1n) is 5.67. The summed E-state index contributed by atoms with van der Waals surface area (Å²) in [6.45, 7) is 4.85. The van der Waals surface area contributed by atoms with Gasteiger partial charge in [0.2, 0.25) is 0 Å². The van der Waals surface area contributed by atoms with Crippen LogP contribution in [0.5, 0.6) is 0 Å². The number of aliphatic hydroxyl groups excluding tert-OH is 1. The fourth-order valence-electron chi connectivity index (χ4n) is 1.93. The van der Waals surface area contributed by atoms with Crippen LogP contribution in [0.2, 0.25) is 0 Å². The third-order valence-corrected chi connectivity index (χ3v) is 5.12. The van der Waals surface area contributed by atoms with Crippen molar-refractivity contribution in [1.29, 1.82) is 0 Å². The maximum absolute atomic E-state index is 10.3. The quantitative estimate of drug-likeness (QED) is 0.849. The van der Waals surface area contributed by atoms with Gasteiger partial charge in [-0.3, -0.25) is 4.68 Å². The van der Waals surface area contributed by atoms with E-state index in [1.54, 1.807) is 11.3 Å². The molecular weight excluding hydrogens is 380 g/mol. The summed E-state index contributed by atoms with van der Waals surface area (Å²) in [5, 5.41) is 14.7. The standard InChI is InChI=1S/C12H14Br2N2OS/c1-3-16-8(4-7(2)15-16)5-10(17)9-6-11(13)18-12(9)14/h4,6,10,17H,3,5H2,1-2H3. The van der Waals surface area contributed by atoms with Crippen LogP contribution in [0.15, 0.2) is 19.7 Å². The van der Waals surface area contributed by atoms with Crippen LogP contribution in [0.3, 0.4) is 0 Å². The lowest BCUT2D eigenvalue weighted by atomic mass is 10.1. The number of thiophene rings is 1. The first-order valence-corrected chi connectivity index (χ1v) is 8.07. The molecule has 0 aliphatic heterocycles. The van der Waals surface area contributed by atoms with E-state index in [4.69, 9.17) is 0 Å². The number of aromatic nitrogens is 2. The summed E-state index contributed by atoms with van der Waals surface area (Å²) in [5.74, 6) is 0. The molecule has 0 amide bonds. The van der Waals surface area contributed by atoms with Crippen LogP contribution in [0, 0.1) is 6.92 Å². The summed E-state index contributed by atoms with van der Waals surface area (Å²) in [6, 6.07) is 3.99. The summed E-state index contributed by atoms with van der Waals surface area (Å²) in [7, 11) is 0. The van der Waals surface area contributed by atoms with Gasteiger partial charge in [-0.2, -0.15) is 5.10 Å². The van der Waals surface area contributed by atoms with Gasteiger partial charge in [-0.05, 0) is 57.8 Å². The second-order valence-electron chi connectivity index (χ2n) is 4.09. The van der Waals surface area contributed by atoms with Crippen molar-refractivity contribution in [2.45, 2.75) is 32.9 Å². The Bertz CT molecular complexity index is 550. The SMILES string of the molecule is CCn1nc(C)cc1CC(O)c1cc(Br)sc1Br. The largest absolute Gasteiger partial charge is 0.388 e. The van der Waals surface area contributed by atoms with Crippen molar-refractivity contribution in [3.63, 3.8) is 0 Å². The molecule has 1 atom stereocenters. The van der Waals surface area contributed by atoms with Gasteiger partial charge in [-0.25, -0.2) is 0 Å². The summed E-state index contributed by atoms with van der Waals surface area (Å²) in [4.78, 5) is 0. The van der Waals surface area contributed by atoms with E-state index in [2.05, 4.69) is 43.9 Å². The van der Waals surface area contributed by atoms with Crippen molar-refractivity contribution in [3.8, 4) is 0 Å². The van der Waals surface area contributed by atoms with E-state index in [1.807, 2.05) is 23.7 Å².